The second-order valence-electron chi connectivity index (χ2n) is 14.1. The first-order valence-electron chi connectivity index (χ1n) is 20.5. The summed E-state index contributed by atoms with van der Waals surface area (Å²) in [5, 5.41) is 11.8. The Morgan fingerprint density at radius 3 is 1.18 bits per heavy atom. The summed E-state index contributed by atoms with van der Waals surface area (Å²) < 4.78 is 49.9. The van der Waals surface area contributed by atoms with Gasteiger partial charge in [-0.05, 0) is 74.7 Å². The number of unbranched alkanes of at least 4 members (excludes halogenated alkanes) is 1. The van der Waals surface area contributed by atoms with Crippen molar-refractivity contribution in [3.05, 3.63) is 60.2 Å². The molecule has 11 heteroatoms. The van der Waals surface area contributed by atoms with E-state index in [0.29, 0.717) is 124 Å². The molecule has 0 heterocycles. The lowest BCUT2D eigenvalue weighted by Gasteiger charge is -2.17. The van der Waals surface area contributed by atoms with Gasteiger partial charge in [0.05, 0.1) is 112 Å². The molecule has 11 nitrogen and oxygen atoms in total. The molecule has 0 spiro atoms. The molecule has 56 heavy (non-hydrogen) atoms. The van der Waals surface area contributed by atoms with Crippen LogP contribution in [-0.2, 0) is 47.5 Å². The van der Waals surface area contributed by atoms with Crippen molar-refractivity contribution < 1.29 is 47.5 Å². The van der Waals surface area contributed by atoms with Crippen molar-refractivity contribution in [2.45, 2.75) is 53.9 Å². The van der Waals surface area contributed by atoms with Gasteiger partial charge in [-0.2, -0.15) is 0 Å². The summed E-state index contributed by atoms with van der Waals surface area (Å²) in [4.78, 5) is 5.50. The highest BCUT2D eigenvalue weighted by atomic mass is 16.6. The quantitative estimate of drug-likeness (QED) is 0.0203. The van der Waals surface area contributed by atoms with Crippen LogP contribution in [0.1, 0.15) is 59.4 Å². The van der Waals surface area contributed by atoms with Crippen molar-refractivity contribution in [3.8, 4) is 0 Å². The SMILES string of the molecule is CC.CC(C)(C)CCOCCOCCOCCOCCOCCOCCOCCOCCOCCCCO/N=C/c1cc2ccc3cccc4ccc(c1)c2c34. The lowest BCUT2D eigenvalue weighted by Crippen LogP contribution is -2.15. The number of hydrogen-bond donors (Lipinski definition) is 0. The van der Waals surface area contributed by atoms with Gasteiger partial charge in [-0.25, -0.2) is 0 Å². The van der Waals surface area contributed by atoms with Crippen LogP contribution < -0.4 is 0 Å². The average molecular weight is 784 g/mol. The first-order chi connectivity index (χ1) is 27.5. The Labute approximate surface area is 335 Å². The molecular formula is C45H69NO10. The molecule has 0 aliphatic heterocycles. The first-order valence-corrected chi connectivity index (χ1v) is 20.5. The van der Waals surface area contributed by atoms with E-state index in [1.165, 1.54) is 32.3 Å². The third-order valence-electron chi connectivity index (χ3n) is 8.51. The predicted octanol–water partition coefficient (Wildman–Crippen LogP) is 8.33. The molecule has 0 atom stereocenters. The lowest BCUT2D eigenvalue weighted by molar-refractivity contribution is -0.0254. The molecule has 0 saturated carbocycles. The van der Waals surface area contributed by atoms with Gasteiger partial charge in [-0.1, -0.05) is 82.2 Å². The second kappa shape index (κ2) is 30.2. The maximum atomic E-state index is 5.65. The molecule has 0 unspecified atom stereocenters. The highest BCUT2D eigenvalue weighted by molar-refractivity contribution is 6.23. The second-order valence-corrected chi connectivity index (χ2v) is 14.1. The molecule has 0 amide bonds. The summed E-state index contributed by atoms with van der Waals surface area (Å²) in [6.45, 7) is 21.3. The smallest absolute Gasteiger partial charge is 0.117 e. The number of rotatable bonds is 33. The van der Waals surface area contributed by atoms with Crippen LogP contribution in [0.25, 0.3) is 32.3 Å². The fraction of sp³-hybridized carbons (Fsp3) is 0.622. The number of oxime groups is 1. The van der Waals surface area contributed by atoms with Gasteiger partial charge in [-0.15, -0.1) is 0 Å². The van der Waals surface area contributed by atoms with Crippen molar-refractivity contribution in [1.29, 1.82) is 0 Å². The summed E-state index contributed by atoms with van der Waals surface area (Å²) in [7, 11) is 0. The minimum Gasteiger partial charge on any atom is -0.396 e. The van der Waals surface area contributed by atoms with E-state index in [-0.39, 0.29) is 0 Å². The summed E-state index contributed by atoms with van der Waals surface area (Å²) >= 11 is 0. The summed E-state index contributed by atoms with van der Waals surface area (Å²) in [5.74, 6) is 0. The Bertz CT molecular complexity index is 1500. The Morgan fingerprint density at radius 2 is 0.768 bits per heavy atom. The summed E-state index contributed by atoms with van der Waals surface area (Å²) in [6.07, 6.45) is 4.61. The van der Waals surface area contributed by atoms with E-state index in [9.17, 15) is 0 Å². The Kier molecular flexibility index (Phi) is 25.5. The Balaban J connectivity index is 0.00000414. The van der Waals surface area contributed by atoms with E-state index >= 15 is 0 Å². The maximum Gasteiger partial charge on any atom is 0.117 e. The molecule has 0 radical (unpaired) electrons. The monoisotopic (exact) mass is 783 g/mol. The van der Waals surface area contributed by atoms with Gasteiger partial charge in [-0.3, -0.25) is 0 Å². The van der Waals surface area contributed by atoms with Crippen molar-refractivity contribution >= 4 is 38.5 Å². The van der Waals surface area contributed by atoms with E-state index in [4.69, 9.17) is 47.5 Å². The van der Waals surface area contributed by atoms with E-state index in [1.54, 1.807) is 6.21 Å². The molecule has 4 aromatic rings. The van der Waals surface area contributed by atoms with Crippen LogP contribution in [0, 0.1) is 5.41 Å². The zero-order valence-corrected chi connectivity index (χ0v) is 34.9. The fourth-order valence-electron chi connectivity index (χ4n) is 5.61. The zero-order valence-electron chi connectivity index (χ0n) is 34.9. The minimum absolute atomic E-state index is 0.303. The van der Waals surface area contributed by atoms with Crippen LogP contribution in [0.3, 0.4) is 0 Å². The van der Waals surface area contributed by atoms with Gasteiger partial charge in [0.25, 0.3) is 0 Å². The molecule has 0 aliphatic carbocycles. The first kappa shape index (κ1) is 47.4. The van der Waals surface area contributed by atoms with Crippen molar-refractivity contribution in [1.82, 2.24) is 0 Å². The largest absolute Gasteiger partial charge is 0.396 e. The molecular weight excluding hydrogens is 714 g/mol. The Morgan fingerprint density at radius 1 is 0.429 bits per heavy atom. The molecule has 314 valence electrons. The average Bonchev–Trinajstić information content (AvgIpc) is 3.20. The topological polar surface area (TPSA) is 105 Å². The minimum atomic E-state index is 0.303. The highest BCUT2D eigenvalue weighted by Crippen LogP contribution is 2.34. The molecule has 0 aromatic heterocycles. The van der Waals surface area contributed by atoms with Crippen LogP contribution in [0.5, 0.6) is 0 Å². The maximum absolute atomic E-state index is 5.65. The summed E-state index contributed by atoms with van der Waals surface area (Å²) in [6, 6.07) is 19.5. The fourth-order valence-corrected chi connectivity index (χ4v) is 5.61. The molecule has 0 N–H and O–H groups in total. The van der Waals surface area contributed by atoms with Crippen LogP contribution >= 0.6 is 0 Å². The van der Waals surface area contributed by atoms with E-state index in [1.807, 2.05) is 13.8 Å². The molecule has 4 aromatic carbocycles. The molecule has 0 aliphatic rings. The third kappa shape index (κ3) is 20.5. The number of nitrogens with zero attached hydrogens (tertiary/aromatic N) is 1. The van der Waals surface area contributed by atoms with Gasteiger partial charge >= 0.3 is 0 Å². The number of ether oxygens (including phenoxy) is 9. The zero-order chi connectivity index (χ0) is 39.9. The van der Waals surface area contributed by atoms with Gasteiger partial charge in [0, 0.05) is 13.2 Å². The number of hydrogen-bond acceptors (Lipinski definition) is 11. The van der Waals surface area contributed by atoms with Crippen molar-refractivity contribution in [3.63, 3.8) is 0 Å². The van der Waals surface area contributed by atoms with Gasteiger partial charge in [0.15, 0.2) is 0 Å². The van der Waals surface area contributed by atoms with Crippen LogP contribution in [0.2, 0.25) is 0 Å². The molecule has 0 bridgehead atoms. The van der Waals surface area contributed by atoms with E-state index < -0.39 is 0 Å². The molecule has 0 fully saturated rings. The van der Waals surface area contributed by atoms with Crippen LogP contribution in [0.15, 0.2) is 59.8 Å². The normalized spacial score (nSPS) is 12.0. The van der Waals surface area contributed by atoms with Crippen LogP contribution in [-0.4, -0.2) is 132 Å². The standard InChI is InChI=1S/C43H63NO10.C2H6/c1-43(2,3)13-16-46-18-20-48-22-24-50-26-28-52-30-32-53-31-29-51-27-25-49-23-21-47-19-17-45-14-4-5-15-54-44-35-36-33-39-11-9-37-7-6-8-38-10-12-40(34-36)42(39)41(37)38;1-2/h6-12,33-35H,4-5,13-32H2,1-3H3;1-2H3/b44-35+;. The van der Waals surface area contributed by atoms with Gasteiger partial charge in [0.1, 0.15) is 6.61 Å². The third-order valence-corrected chi connectivity index (χ3v) is 8.51. The van der Waals surface area contributed by atoms with Gasteiger partial charge < -0.3 is 47.5 Å². The van der Waals surface area contributed by atoms with Gasteiger partial charge in [0.2, 0.25) is 0 Å². The Hall–Kier alpha value is -2.97. The predicted molar refractivity (Wildman–Crippen MR) is 226 cm³/mol. The van der Waals surface area contributed by atoms with E-state index in [2.05, 4.69) is 80.5 Å². The van der Waals surface area contributed by atoms with Crippen molar-refractivity contribution in [2.24, 2.45) is 10.6 Å². The van der Waals surface area contributed by atoms with Crippen LogP contribution in [0.4, 0.5) is 0 Å². The lowest BCUT2D eigenvalue weighted by atomic mass is 9.93. The molecule has 0 saturated heterocycles. The molecule has 4 rings (SSSR count). The number of benzene rings is 4. The van der Waals surface area contributed by atoms with E-state index in [0.717, 1.165) is 31.4 Å². The van der Waals surface area contributed by atoms with Crippen molar-refractivity contribution in [2.75, 3.05) is 126 Å². The highest BCUT2D eigenvalue weighted by Gasteiger charge is 2.10. The summed E-state index contributed by atoms with van der Waals surface area (Å²) in [5.41, 5.74) is 1.33.